The molecule has 0 fully saturated rings. The molecule has 4 rings (SSSR count). The Balaban J connectivity index is 1.50. The minimum atomic E-state index is -0.423. The third-order valence-corrected chi connectivity index (χ3v) is 6.54. The molecule has 2 aromatic heterocycles. The SMILES string of the molecule is Cc1ccc(-n2nnc(C(=O)Nc3nc(C)c(Cc4ccc([N+](=O)[O-])cc4)s3)c2C)cc1C. The van der Waals surface area contributed by atoms with Crippen molar-refractivity contribution in [3.8, 4) is 5.69 Å². The van der Waals surface area contributed by atoms with E-state index in [0.717, 1.165) is 27.4 Å². The molecule has 0 spiro atoms. The quantitative estimate of drug-likeness (QED) is 0.328. The van der Waals surface area contributed by atoms with Crippen molar-refractivity contribution in [1.82, 2.24) is 20.0 Å². The lowest BCUT2D eigenvalue weighted by Gasteiger charge is -2.06. The van der Waals surface area contributed by atoms with E-state index in [4.69, 9.17) is 0 Å². The largest absolute Gasteiger partial charge is 0.296 e. The molecule has 9 nitrogen and oxygen atoms in total. The Bertz CT molecular complexity index is 1360. The highest BCUT2D eigenvalue weighted by molar-refractivity contribution is 7.15. The maximum atomic E-state index is 12.9. The van der Waals surface area contributed by atoms with Crippen LogP contribution in [0.3, 0.4) is 0 Å². The Morgan fingerprint density at radius 3 is 2.48 bits per heavy atom. The number of nitro groups is 1. The van der Waals surface area contributed by atoms with Gasteiger partial charge < -0.3 is 0 Å². The predicted molar refractivity (Wildman–Crippen MR) is 126 cm³/mol. The smallest absolute Gasteiger partial charge is 0.279 e. The Kier molecular flexibility index (Phi) is 6.01. The van der Waals surface area contributed by atoms with E-state index < -0.39 is 4.92 Å². The molecule has 4 aromatic rings. The monoisotopic (exact) mass is 462 g/mol. The number of nitrogens with zero attached hydrogens (tertiary/aromatic N) is 5. The van der Waals surface area contributed by atoms with Crippen LogP contribution in [0.5, 0.6) is 0 Å². The molecule has 168 valence electrons. The van der Waals surface area contributed by atoms with Crippen LogP contribution in [0.2, 0.25) is 0 Å². The molecule has 2 aromatic carbocycles. The zero-order valence-corrected chi connectivity index (χ0v) is 19.4. The molecule has 0 saturated heterocycles. The maximum absolute atomic E-state index is 12.9. The molecule has 0 bridgehead atoms. The number of rotatable bonds is 6. The zero-order valence-electron chi connectivity index (χ0n) is 18.6. The van der Waals surface area contributed by atoms with Gasteiger partial charge in [-0.1, -0.05) is 23.4 Å². The highest BCUT2D eigenvalue weighted by Crippen LogP contribution is 2.26. The van der Waals surface area contributed by atoms with Crippen molar-refractivity contribution in [3.05, 3.63) is 91.2 Å². The molecule has 0 aliphatic rings. The van der Waals surface area contributed by atoms with E-state index >= 15 is 0 Å². The summed E-state index contributed by atoms with van der Waals surface area (Å²) in [5, 5.41) is 22.4. The number of carbonyl (C=O) groups is 1. The van der Waals surface area contributed by atoms with Gasteiger partial charge >= 0.3 is 0 Å². The Morgan fingerprint density at radius 2 is 1.82 bits per heavy atom. The maximum Gasteiger partial charge on any atom is 0.279 e. The van der Waals surface area contributed by atoms with Crippen LogP contribution in [0, 0.1) is 37.8 Å². The van der Waals surface area contributed by atoms with E-state index in [-0.39, 0.29) is 17.3 Å². The van der Waals surface area contributed by atoms with Gasteiger partial charge in [-0.3, -0.25) is 20.2 Å². The van der Waals surface area contributed by atoms with Gasteiger partial charge in [-0.05, 0) is 56.5 Å². The number of thiazole rings is 1. The van der Waals surface area contributed by atoms with Crippen LogP contribution in [-0.4, -0.2) is 30.8 Å². The number of carbonyl (C=O) groups excluding carboxylic acids is 1. The first-order valence-corrected chi connectivity index (χ1v) is 11.1. The summed E-state index contributed by atoms with van der Waals surface area (Å²) < 4.78 is 1.65. The summed E-state index contributed by atoms with van der Waals surface area (Å²) in [5.74, 6) is -0.377. The summed E-state index contributed by atoms with van der Waals surface area (Å²) in [4.78, 5) is 28.7. The summed E-state index contributed by atoms with van der Waals surface area (Å²) in [6.07, 6.45) is 0.569. The van der Waals surface area contributed by atoms with E-state index in [1.54, 1.807) is 23.7 Å². The number of anilines is 1. The van der Waals surface area contributed by atoms with Crippen LogP contribution >= 0.6 is 11.3 Å². The number of hydrogen-bond acceptors (Lipinski definition) is 7. The summed E-state index contributed by atoms with van der Waals surface area (Å²) in [7, 11) is 0. The van der Waals surface area contributed by atoms with Gasteiger partial charge in [0, 0.05) is 23.4 Å². The van der Waals surface area contributed by atoms with Gasteiger partial charge in [-0.25, -0.2) is 9.67 Å². The van der Waals surface area contributed by atoms with Crippen molar-refractivity contribution in [1.29, 1.82) is 0 Å². The van der Waals surface area contributed by atoms with Crippen molar-refractivity contribution in [2.45, 2.75) is 34.1 Å². The third kappa shape index (κ3) is 4.65. The Morgan fingerprint density at radius 1 is 1.09 bits per heavy atom. The number of benzene rings is 2. The number of aryl methyl sites for hydroxylation is 3. The predicted octanol–water partition coefficient (Wildman–Crippen LogP) is 4.71. The average Bonchev–Trinajstić information content (AvgIpc) is 3.32. The average molecular weight is 463 g/mol. The van der Waals surface area contributed by atoms with E-state index in [1.165, 1.54) is 29.0 Å². The first-order chi connectivity index (χ1) is 15.7. The van der Waals surface area contributed by atoms with Crippen molar-refractivity contribution in [2.24, 2.45) is 0 Å². The topological polar surface area (TPSA) is 116 Å². The summed E-state index contributed by atoms with van der Waals surface area (Å²) >= 11 is 1.37. The van der Waals surface area contributed by atoms with E-state index in [2.05, 4.69) is 20.6 Å². The van der Waals surface area contributed by atoms with Gasteiger partial charge in [0.15, 0.2) is 10.8 Å². The Hall–Kier alpha value is -3.92. The van der Waals surface area contributed by atoms with Crippen LogP contribution in [0.4, 0.5) is 10.8 Å². The lowest BCUT2D eigenvalue weighted by Crippen LogP contribution is -2.14. The molecule has 10 heteroatoms. The number of nitro benzene ring substituents is 1. The molecular weight excluding hydrogens is 440 g/mol. The van der Waals surface area contributed by atoms with Gasteiger partial charge in [0.2, 0.25) is 0 Å². The highest BCUT2D eigenvalue weighted by Gasteiger charge is 2.20. The van der Waals surface area contributed by atoms with Crippen molar-refractivity contribution in [3.63, 3.8) is 0 Å². The molecule has 33 heavy (non-hydrogen) atoms. The molecule has 1 N–H and O–H groups in total. The van der Waals surface area contributed by atoms with E-state index in [0.29, 0.717) is 17.2 Å². The molecule has 0 atom stereocenters. The fourth-order valence-electron chi connectivity index (χ4n) is 3.36. The highest BCUT2D eigenvalue weighted by atomic mass is 32.1. The second-order valence-electron chi connectivity index (χ2n) is 7.79. The fourth-order valence-corrected chi connectivity index (χ4v) is 4.36. The molecule has 1 amide bonds. The second kappa shape index (κ2) is 8.91. The molecule has 0 saturated carbocycles. The van der Waals surface area contributed by atoms with Crippen molar-refractivity contribution < 1.29 is 9.72 Å². The number of nitrogens with one attached hydrogen (secondary N) is 1. The van der Waals surface area contributed by atoms with Crippen molar-refractivity contribution in [2.75, 3.05) is 5.32 Å². The second-order valence-corrected chi connectivity index (χ2v) is 8.87. The first kappa shape index (κ1) is 22.3. The summed E-state index contributed by atoms with van der Waals surface area (Å²) in [5.41, 5.74) is 5.80. The van der Waals surface area contributed by atoms with Gasteiger partial charge in [-0.2, -0.15) is 0 Å². The van der Waals surface area contributed by atoms with Gasteiger partial charge in [0.25, 0.3) is 11.6 Å². The molecule has 0 unspecified atom stereocenters. The van der Waals surface area contributed by atoms with Gasteiger partial charge in [0.1, 0.15) is 0 Å². The van der Waals surface area contributed by atoms with Crippen LogP contribution < -0.4 is 5.32 Å². The number of amides is 1. The summed E-state index contributed by atoms with van der Waals surface area (Å²) in [6.45, 7) is 7.74. The van der Waals surface area contributed by atoms with E-state index in [9.17, 15) is 14.9 Å². The first-order valence-electron chi connectivity index (χ1n) is 10.2. The Labute approximate surface area is 194 Å². The standard InChI is InChI=1S/C23H22N6O3S/c1-13-5-8-19(11-14(13)2)28-16(4)21(26-27-28)22(30)25-23-24-15(3)20(33-23)12-17-6-9-18(10-7-17)29(31)32/h5-11H,12H2,1-4H3,(H,24,25,30). The minimum Gasteiger partial charge on any atom is -0.296 e. The number of aromatic nitrogens is 4. The fraction of sp³-hybridized carbons (Fsp3) is 0.217. The van der Waals surface area contributed by atoms with Crippen LogP contribution in [0.15, 0.2) is 42.5 Å². The van der Waals surface area contributed by atoms with Crippen LogP contribution in [-0.2, 0) is 6.42 Å². The lowest BCUT2D eigenvalue weighted by atomic mass is 10.1. The lowest BCUT2D eigenvalue weighted by molar-refractivity contribution is -0.384. The molecule has 0 aliphatic heterocycles. The zero-order chi connectivity index (χ0) is 23.7. The van der Waals surface area contributed by atoms with Gasteiger partial charge in [0.05, 0.1) is 22.0 Å². The van der Waals surface area contributed by atoms with Crippen LogP contribution in [0.1, 0.15) is 43.4 Å². The van der Waals surface area contributed by atoms with Crippen LogP contribution in [0.25, 0.3) is 5.69 Å². The normalized spacial score (nSPS) is 10.9. The molecular formula is C23H22N6O3S. The van der Waals surface area contributed by atoms with Gasteiger partial charge in [-0.15, -0.1) is 16.4 Å². The minimum absolute atomic E-state index is 0.0527. The third-order valence-electron chi connectivity index (χ3n) is 5.47. The molecule has 2 heterocycles. The van der Waals surface area contributed by atoms with Crippen molar-refractivity contribution >= 4 is 28.1 Å². The molecule has 0 radical (unpaired) electrons. The van der Waals surface area contributed by atoms with E-state index in [1.807, 2.05) is 39.0 Å². The molecule has 0 aliphatic carbocycles. The number of hydrogen-bond donors (Lipinski definition) is 1. The number of non-ortho nitro benzene ring substituents is 1. The summed E-state index contributed by atoms with van der Waals surface area (Å²) in [6, 6.07) is 12.4.